The smallest absolute Gasteiger partial charge is 0.224 e. The van der Waals surface area contributed by atoms with Crippen LogP contribution in [-0.4, -0.2) is 30.4 Å². The minimum Gasteiger partial charge on any atom is -0.330 e. The highest BCUT2D eigenvalue weighted by Crippen LogP contribution is 2.20. The lowest BCUT2D eigenvalue weighted by molar-refractivity contribution is -0.116. The van der Waals surface area contributed by atoms with Crippen LogP contribution in [0.5, 0.6) is 0 Å². The molecule has 4 nitrogen and oxygen atoms in total. The molecule has 0 aromatic heterocycles. The van der Waals surface area contributed by atoms with E-state index in [1.165, 1.54) is 31.5 Å². The summed E-state index contributed by atoms with van der Waals surface area (Å²) >= 11 is 0. The fraction of sp³-hybridized carbons (Fsp3) is 0.588. The van der Waals surface area contributed by atoms with Crippen LogP contribution in [0, 0.1) is 0 Å². The second-order valence-corrected chi connectivity index (χ2v) is 5.79. The molecule has 116 valence electrons. The lowest BCUT2D eigenvalue weighted by Crippen LogP contribution is -2.20. The van der Waals surface area contributed by atoms with Crippen molar-refractivity contribution in [2.75, 3.05) is 25.0 Å². The molecule has 0 aliphatic carbocycles. The van der Waals surface area contributed by atoms with Gasteiger partial charge in [0.05, 0.1) is 0 Å². The lowest BCUT2D eigenvalue weighted by Gasteiger charge is -2.17. The van der Waals surface area contributed by atoms with E-state index in [1.54, 1.807) is 0 Å². The summed E-state index contributed by atoms with van der Waals surface area (Å²) in [7, 11) is 0. The standard InChI is InChI=1S/C17H27N3O/c18-11-5-1-2-10-17(21)19-16-9-4-3-8-15(16)14-20-12-6-7-13-20/h3-4,8-9H,1-2,5-7,10-14,18H2,(H,19,21). The van der Waals surface area contributed by atoms with Gasteiger partial charge >= 0.3 is 0 Å². The van der Waals surface area contributed by atoms with Crippen LogP contribution < -0.4 is 11.1 Å². The Labute approximate surface area is 127 Å². The molecule has 3 N–H and O–H groups in total. The molecule has 1 saturated heterocycles. The Bertz CT molecular complexity index is 441. The molecule has 1 aliphatic heterocycles. The van der Waals surface area contributed by atoms with Gasteiger partial charge in [0, 0.05) is 18.7 Å². The zero-order valence-electron chi connectivity index (χ0n) is 12.8. The number of para-hydroxylation sites is 1. The van der Waals surface area contributed by atoms with Crippen LogP contribution in [-0.2, 0) is 11.3 Å². The number of amides is 1. The summed E-state index contributed by atoms with van der Waals surface area (Å²) in [5, 5.41) is 3.06. The topological polar surface area (TPSA) is 58.4 Å². The summed E-state index contributed by atoms with van der Waals surface area (Å²) in [5.41, 5.74) is 7.64. The maximum atomic E-state index is 12.0. The highest BCUT2D eigenvalue weighted by molar-refractivity contribution is 5.91. The van der Waals surface area contributed by atoms with Crippen molar-refractivity contribution >= 4 is 11.6 Å². The zero-order valence-corrected chi connectivity index (χ0v) is 12.8. The number of rotatable bonds is 8. The quantitative estimate of drug-likeness (QED) is 0.723. The molecule has 4 heteroatoms. The molecule has 0 spiro atoms. The Kier molecular flexibility index (Phi) is 6.70. The number of carbonyl (C=O) groups is 1. The third kappa shape index (κ3) is 5.48. The van der Waals surface area contributed by atoms with Crippen LogP contribution in [0.1, 0.15) is 44.1 Å². The average molecular weight is 289 g/mol. The lowest BCUT2D eigenvalue weighted by atomic mass is 10.1. The van der Waals surface area contributed by atoms with Gasteiger partial charge in [-0.15, -0.1) is 0 Å². The highest BCUT2D eigenvalue weighted by atomic mass is 16.1. The average Bonchev–Trinajstić information content (AvgIpc) is 2.99. The molecular weight excluding hydrogens is 262 g/mol. The monoisotopic (exact) mass is 289 g/mol. The van der Waals surface area contributed by atoms with E-state index in [1.807, 2.05) is 18.2 Å². The maximum absolute atomic E-state index is 12.0. The third-order valence-corrected chi connectivity index (χ3v) is 3.99. The summed E-state index contributed by atoms with van der Waals surface area (Å²) in [4.78, 5) is 14.5. The van der Waals surface area contributed by atoms with Gasteiger partial charge in [0.2, 0.25) is 5.91 Å². The molecule has 2 rings (SSSR count). The van der Waals surface area contributed by atoms with E-state index in [4.69, 9.17) is 5.73 Å². The molecule has 1 aromatic rings. The van der Waals surface area contributed by atoms with Gasteiger partial charge in [0.1, 0.15) is 0 Å². The van der Waals surface area contributed by atoms with Crippen LogP contribution in [0.4, 0.5) is 5.69 Å². The summed E-state index contributed by atoms with van der Waals surface area (Å²) in [6, 6.07) is 8.14. The predicted molar refractivity (Wildman–Crippen MR) is 87.1 cm³/mol. The number of likely N-dealkylation sites (tertiary alicyclic amines) is 1. The molecule has 0 saturated carbocycles. The number of hydrogen-bond acceptors (Lipinski definition) is 3. The zero-order chi connectivity index (χ0) is 14.9. The molecule has 1 aliphatic rings. The van der Waals surface area contributed by atoms with Gasteiger partial charge < -0.3 is 11.1 Å². The third-order valence-electron chi connectivity index (χ3n) is 3.99. The Morgan fingerprint density at radius 2 is 1.90 bits per heavy atom. The largest absolute Gasteiger partial charge is 0.330 e. The van der Waals surface area contributed by atoms with Crippen molar-refractivity contribution in [2.45, 2.75) is 45.1 Å². The van der Waals surface area contributed by atoms with Crippen molar-refractivity contribution in [2.24, 2.45) is 5.73 Å². The highest BCUT2D eigenvalue weighted by Gasteiger charge is 2.14. The second-order valence-electron chi connectivity index (χ2n) is 5.79. The Hall–Kier alpha value is -1.39. The molecule has 1 heterocycles. The van der Waals surface area contributed by atoms with Crippen LogP contribution in [0.15, 0.2) is 24.3 Å². The Balaban J connectivity index is 1.85. The first-order chi connectivity index (χ1) is 10.3. The van der Waals surface area contributed by atoms with Crippen LogP contribution in [0.3, 0.4) is 0 Å². The number of anilines is 1. The van der Waals surface area contributed by atoms with E-state index in [0.29, 0.717) is 13.0 Å². The van der Waals surface area contributed by atoms with E-state index < -0.39 is 0 Å². The first-order valence-corrected chi connectivity index (χ1v) is 8.10. The van der Waals surface area contributed by atoms with Gasteiger partial charge in [0.25, 0.3) is 0 Å². The van der Waals surface area contributed by atoms with E-state index in [2.05, 4.69) is 16.3 Å². The van der Waals surface area contributed by atoms with Crippen LogP contribution in [0.25, 0.3) is 0 Å². The number of carbonyl (C=O) groups excluding carboxylic acids is 1. The summed E-state index contributed by atoms with van der Waals surface area (Å²) < 4.78 is 0. The molecule has 21 heavy (non-hydrogen) atoms. The fourth-order valence-electron chi connectivity index (χ4n) is 2.78. The summed E-state index contributed by atoms with van der Waals surface area (Å²) in [5.74, 6) is 0.112. The van der Waals surface area contributed by atoms with Gasteiger partial charge in [-0.05, 0) is 56.9 Å². The van der Waals surface area contributed by atoms with Gasteiger partial charge in [-0.3, -0.25) is 9.69 Å². The first kappa shape index (κ1) is 16.0. The van der Waals surface area contributed by atoms with Crippen molar-refractivity contribution in [3.05, 3.63) is 29.8 Å². The summed E-state index contributed by atoms with van der Waals surface area (Å²) in [6.45, 7) is 3.98. The van der Waals surface area contributed by atoms with Gasteiger partial charge in [-0.25, -0.2) is 0 Å². The van der Waals surface area contributed by atoms with Gasteiger partial charge in [-0.1, -0.05) is 24.6 Å². The molecule has 0 radical (unpaired) electrons. The normalized spacial score (nSPS) is 15.3. The van der Waals surface area contributed by atoms with E-state index >= 15 is 0 Å². The number of nitrogens with two attached hydrogens (primary N) is 1. The van der Waals surface area contributed by atoms with Crippen molar-refractivity contribution in [1.29, 1.82) is 0 Å². The Morgan fingerprint density at radius 1 is 1.14 bits per heavy atom. The number of hydrogen-bond donors (Lipinski definition) is 2. The van der Waals surface area contributed by atoms with Gasteiger partial charge in [0.15, 0.2) is 0 Å². The minimum atomic E-state index is 0.112. The van der Waals surface area contributed by atoms with Crippen molar-refractivity contribution in [1.82, 2.24) is 4.90 Å². The molecule has 0 atom stereocenters. The molecule has 0 unspecified atom stereocenters. The van der Waals surface area contributed by atoms with E-state index in [-0.39, 0.29) is 5.91 Å². The maximum Gasteiger partial charge on any atom is 0.224 e. The molecular formula is C17H27N3O. The number of benzene rings is 1. The fourth-order valence-corrected chi connectivity index (χ4v) is 2.78. The van der Waals surface area contributed by atoms with E-state index in [9.17, 15) is 4.79 Å². The van der Waals surface area contributed by atoms with Gasteiger partial charge in [-0.2, -0.15) is 0 Å². The first-order valence-electron chi connectivity index (χ1n) is 8.10. The Morgan fingerprint density at radius 3 is 2.67 bits per heavy atom. The van der Waals surface area contributed by atoms with Crippen molar-refractivity contribution < 1.29 is 4.79 Å². The van der Waals surface area contributed by atoms with Crippen LogP contribution in [0.2, 0.25) is 0 Å². The van der Waals surface area contributed by atoms with E-state index in [0.717, 1.165) is 31.5 Å². The van der Waals surface area contributed by atoms with Crippen molar-refractivity contribution in [3.8, 4) is 0 Å². The second kappa shape index (κ2) is 8.80. The SMILES string of the molecule is NCCCCCC(=O)Nc1ccccc1CN1CCCC1. The molecule has 1 amide bonds. The molecule has 1 aromatic carbocycles. The number of nitrogens with one attached hydrogen (secondary N) is 1. The minimum absolute atomic E-state index is 0.112. The summed E-state index contributed by atoms with van der Waals surface area (Å²) in [6.07, 6.45) is 6.10. The van der Waals surface area contributed by atoms with Crippen LogP contribution >= 0.6 is 0 Å². The number of unbranched alkanes of at least 4 members (excludes halogenated alkanes) is 2. The predicted octanol–water partition coefficient (Wildman–Crippen LogP) is 2.74. The molecule has 1 fully saturated rings. The number of nitrogens with zero attached hydrogens (tertiary/aromatic N) is 1. The molecule has 0 bridgehead atoms. The van der Waals surface area contributed by atoms with Crippen molar-refractivity contribution in [3.63, 3.8) is 0 Å².